The number of nitrogens with zero attached hydrogens (tertiary/aromatic N) is 1. The summed E-state index contributed by atoms with van der Waals surface area (Å²) in [6.45, 7) is 0.615. The van der Waals surface area contributed by atoms with Crippen molar-refractivity contribution in [2.75, 3.05) is 13.1 Å². The van der Waals surface area contributed by atoms with Gasteiger partial charge in [-0.2, -0.15) is 0 Å². The van der Waals surface area contributed by atoms with Gasteiger partial charge in [-0.05, 0) is 37.1 Å². The summed E-state index contributed by atoms with van der Waals surface area (Å²) in [5.41, 5.74) is 11.8. The zero-order chi connectivity index (χ0) is 21.6. The van der Waals surface area contributed by atoms with Crippen LogP contribution in [0.25, 0.3) is 0 Å². The Morgan fingerprint density at radius 2 is 2.03 bits per heavy atom. The molecule has 0 unspecified atom stereocenters. The average molecular weight is 427 g/mol. The van der Waals surface area contributed by atoms with Crippen LogP contribution in [0.15, 0.2) is 18.2 Å². The molecule has 1 fully saturated rings. The van der Waals surface area contributed by atoms with Gasteiger partial charge in [-0.1, -0.05) is 24.1 Å². The summed E-state index contributed by atoms with van der Waals surface area (Å²) in [5, 5.41) is 21.8. The SMILES string of the molecule is NCCCC[C@H](N)C(=O)N[C@H]1C[C@@H](C(=O)O)N(C(=O)Cc2ccc(O)c(Cl)c2)C1. The van der Waals surface area contributed by atoms with Crippen molar-refractivity contribution in [3.63, 3.8) is 0 Å². The highest BCUT2D eigenvalue weighted by Gasteiger charge is 2.40. The van der Waals surface area contributed by atoms with E-state index in [0.29, 0.717) is 18.5 Å². The Kier molecular flexibility index (Phi) is 8.24. The third kappa shape index (κ3) is 6.31. The number of nitrogens with two attached hydrogens (primary N) is 2. The van der Waals surface area contributed by atoms with Gasteiger partial charge in [-0.3, -0.25) is 9.59 Å². The molecule has 1 aliphatic heterocycles. The number of aliphatic carboxylic acids is 1. The van der Waals surface area contributed by atoms with E-state index in [9.17, 15) is 24.6 Å². The number of hydrogen-bond donors (Lipinski definition) is 5. The Hall–Kier alpha value is -2.36. The molecule has 0 aromatic heterocycles. The number of aromatic hydroxyl groups is 1. The molecule has 0 saturated carbocycles. The second kappa shape index (κ2) is 10.4. The fourth-order valence-electron chi connectivity index (χ4n) is 3.33. The number of nitrogens with one attached hydrogen (secondary N) is 1. The summed E-state index contributed by atoms with van der Waals surface area (Å²) >= 11 is 5.86. The quantitative estimate of drug-likeness (QED) is 0.353. The van der Waals surface area contributed by atoms with Crippen molar-refractivity contribution in [2.24, 2.45) is 11.5 Å². The van der Waals surface area contributed by atoms with E-state index in [1.165, 1.54) is 17.0 Å². The van der Waals surface area contributed by atoms with Gasteiger partial charge < -0.3 is 31.9 Å². The largest absolute Gasteiger partial charge is 0.506 e. The Labute approximate surface area is 174 Å². The van der Waals surface area contributed by atoms with E-state index in [0.717, 1.165) is 12.8 Å². The zero-order valence-corrected chi connectivity index (χ0v) is 16.8. The Morgan fingerprint density at radius 3 is 2.66 bits per heavy atom. The van der Waals surface area contributed by atoms with E-state index in [1.807, 2.05) is 0 Å². The zero-order valence-electron chi connectivity index (χ0n) is 16.0. The number of phenolic OH excluding ortho intramolecular Hbond substituents is 1. The summed E-state index contributed by atoms with van der Waals surface area (Å²) in [5.74, 6) is -2.00. The number of carboxylic acids is 1. The predicted molar refractivity (Wildman–Crippen MR) is 107 cm³/mol. The lowest BCUT2D eigenvalue weighted by Crippen LogP contribution is -2.46. The molecule has 10 heteroatoms. The fourth-order valence-corrected chi connectivity index (χ4v) is 3.54. The summed E-state index contributed by atoms with van der Waals surface area (Å²) in [4.78, 5) is 37.8. The van der Waals surface area contributed by atoms with Crippen molar-refractivity contribution in [1.29, 1.82) is 0 Å². The number of benzene rings is 1. The van der Waals surface area contributed by atoms with Crippen LogP contribution in [-0.2, 0) is 20.8 Å². The van der Waals surface area contributed by atoms with Gasteiger partial charge in [0.15, 0.2) is 0 Å². The smallest absolute Gasteiger partial charge is 0.326 e. The lowest BCUT2D eigenvalue weighted by atomic mass is 10.1. The first kappa shape index (κ1) is 22.9. The molecule has 29 heavy (non-hydrogen) atoms. The molecular weight excluding hydrogens is 400 g/mol. The summed E-state index contributed by atoms with van der Waals surface area (Å²) in [7, 11) is 0. The molecule has 1 heterocycles. The number of halogens is 1. The van der Waals surface area contributed by atoms with Crippen molar-refractivity contribution in [1.82, 2.24) is 10.2 Å². The van der Waals surface area contributed by atoms with Gasteiger partial charge in [-0.25, -0.2) is 4.79 Å². The molecule has 0 radical (unpaired) electrons. The number of unbranched alkanes of at least 4 members (excludes halogenated alkanes) is 1. The maximum atomic E-state index is 12.7. The van der Waals surface area contributed by atoms with E-state index in [2.05, 4.69) is 5.32 Å². The summed E-state index contributed by atoms with van der Waals surface area (Å²) < 4.78 is 0. The van der Waals surface area contributed by atoms with E-state index in [4.69, 9.17) is 23.1 Å². The van der Waals surface area contributed by atoms with Crippen molar-refractivity contribution in [3.8, 4) is 5.75 Å². The third-order valence-electron chi connectivity index (χ3n) is 4.93. The highest BCUT2D eigenvalue weighted by atomic mass is 35.5. The number of amides is 2. The Morgan fingerprint density at radius 1 is 1.31 bits per heavy atom. The maximum Gasteiger partial charge on any atom is 0.326 e. The van der Waals surface area contributed by atoms with Crippen LogP contribution < -0.4 is 16.8 Å². The molecule has 2 rings (SSSR count). The van der Waals surface area contributed by atoms with Gasteiger partial charge in [0, 0.05) is 19.0 Å². The molecule has 2 amide bonds. The van der Waals surface area contributed by atoms with Gasteiger partial charge >= 0.3 is 5.97 Å². The molecule has 3 atom stereocenters. The van der Waals surface area contributed by atoms with Crippen LogP contribution >= 0.6 is 11.6 Å². The molecule has 1 saturated heterocycles. The van der Waals surface area contributed by atoms with E-state index in [-0.39, 0.29) is 36.1 Å². The minimum atomic E-state index is -1.13. The standard InChI is InChI=1S/C19H27ClN4O5/c20-13-7-11(4-5-16(13)25)8-17(26)24-10-12(9-15(24)19(28)29)23-18(27)14(22)3-1-2-6-21/h4-5,7,12,14-15,25H,1-3,6,8-10,21-22H2,(H,23,27)(H,28,29)/t12-,14-,15-/m0/s1. The topological polar surface area (TPSA) is 159 Å². The average Bonchev–Trinajstić information content (AvgIpc) is 3.09. The lowest BCUT2D eigenvalue weighted by molar-refractivity contribution is -0.148. The molecule has 160 valence electrons. The molecule has 1 aromatic carbocycles. The molecule has 1 aromatic rings. The molecular formula is C19H27ClN4O5. The van der Waals surface area contributed by atoms with E-state index in [1.54, 1.807) is 6.07 Å². The predicted octanol–water partition coefficient (Wildman–Crippen LogP) is 0.215. The second-order valence-electron chi connectivity index (χ2n) is 7.19. The molecule has 0 spiro atoms. The first-order valence-electron chi connectivity index (χ1n) is 9.48. The van der Waals surface area contributed by atoms with Crippen LogP contribution in [0.5, 0.6) is 5.75 Å². The number of rotatable bonds is 9. The van der Waals surface area contributed by atoms with Crippen LogP contribution in [0.3, 0.4) is 0 Å². The normalized spacial score (nSPS) is 19.8. The van der Waals surface area contributed by atoms with Gasteiger partial charge in [-0.15, -0.1) is 0 Å². The highest BCUT2D eigenvalue weighted by molar-refractivity contribution is 6.32. The van der Waals surface area contributed by atoms with Crippen molar-refractivity contribution in [2.45, 2.75) is 50.2 Å². The minimum Gasteiger partial charge on any atom is -0.506 e. The van der Waals surface area contributed by atoms with Gasteiger partial charge in [0.25, 0.3) is 0 Å². The molecule has 0 bridgehead atoms. The second-order valence-corrected chi connectivity index (χ2v) is 7.60. The van der Waals surface area contributed by atoms with E-state index < -0.39 is 30.0 Å². The number of hydrogen-bond acceptors (Lipinski definition) is 6. The first-order chi connectivity index (χ1) is 13.7. The number of likely N-dealkylation sites (tertiary alicyclic amines) is 1. The maximum absolute atomic E-state index is 12.7. The third-order valence-corrected chi connectivity index (χ3v) is 5.23. The summed E-state index contributed by atoms with van der Waals surface area (Å²) in [6.07, 6.45) is 2.03. The first-order valence-corrected chi connectivity index (χ1v) is 9.86. The summed E-state index contributed by atoms with van der Waals surface area (Å²) in [6, 6.07) is 2.16. The molecule has 1 aliphatic rings. The molecule has 9 nitrogen and oxygen atoms in total. The molecule has 7 N–H and O–H groups in total. The van der Waals surface area contributed by atoms with Crippen molar-refractivity contribution < 1.29 is 24.6 Å². The minimum absolute atomic E-state index is 0.0664. The Bertz CT molecular complexity index is 760. The molecule has 0 aliphatic carbocycles. The number of carboxylic acid groups (broad SMARTS) is 1. The van der Waals surface area contributed by atoms with Crippen LogP contribution in [0.2, 0.25) is 5.02 Å². The fraction of sp³-hybridized carbons (Fsp3) is 0.526. The van der Waals surface area contributed by atoms with Crippen LogP contribution in [0.1, 0.15) is 31.2 Å². The monoisotopic (exact) mass is 426 g/mol. The van der Waals surface area contributed by atoms with Crippen molar-refractivity contribution in [3.05, 3.63) is 28.8 Å². The van der Waals surface area contributed by atoms with E-state index >= 15 is 0 Å². The highest BCUT2D eigenvalue weighted by Crippen LogP contribution is 2.25. The Balaban J connectivity index is 1.98. The van der Waals surface area contributed by atoms with Crippen LogP contribution in [0.4, 0.5) is 0 Å². The van der Waals surface area contributed by atoms with Crippen LogP contribution in [-0.4, -0.2) is 64.1 Å². The van der Waals surface area contributed by atoms with Gasteiger partial charge in [0.05, 0.1) is 17.5 Å². The van der Waals surface area contributed by atoms with Crippen molar-refractivity contribution >= 4 is 29.4 Å². The lowest BCUT2D eigenvalue weighted by Gasteiger charge is -2.21. The van der Waals surface area contributed by atoms with Crippen LogP contribution in [0, 0.1) is 0 Å². The number of phenols is 1. The van der Waals surface area contributed by atoms with Gasteiger partial charge in [0.2, 0.25) is 11.8 Å². The number of carbonyl (C=O) groups excluding carboxylic acids is 2. The number of carbonyl (C=O) groups is 3. The van der Waals surface area contributed by atoms with Gasteiger partial charge in [0.1, 0.15) is 11.8 Å².